The second-order valence-corrected chi connectivity index (χ2v) is 6.91. The van der Waals surface area contributed by atoms with E-state index in [1.54, 1.807) is 18.5 Å². The maximum absolute atomic E-state index is 12.8. The number of ether oxygens (including phenoxy) is 2. The van der Waals surface area contributed by atoms with Crippen LogP contribution in [0.3, 0.4) is 0 Å². The molecule has 10 heteroatoms. The number of hydrazone groups is 1. The number of rotatable bonds is 6. The molecule has 3 rings (SSSR count). The second kappa shape index (κ2) is 9.71. The van der Waals surface area contributed by atoms with Crippen LogP contribution in [0, 0.1) is 0 Å². The van der Waals surface area contributed by atoms with E-state index in [1.807, 2.05) is 19.1 Å². The molecule has 2 amide bonds. The van der Waals surface area contributed by atoms with E-state index in [-0.39, 0.29) is 11.3 Å². The van der Waals surface area contributed by atoms with Crippen molar-refractivity contribution in [1.29, 1.82) is 0 Å². The van der Waals surface area contributed by atoms with Gasteiger partial charge < -0.3 is 14.8 Å². The molecule has 1 aliphatic heterocycles. The van der Waals surface area contributed by atoms with Gasteiger partial charge >= 0.3 is 12.1 Å². The molecule has 2 aromatic carbocycles. The first kappa shape index (κ1) is 23.1. The molecule has 0 spiro atoms. The maximum Gasteiger partial charge on any atom is 0.471 e. The second-order valence-electron chi connectivity index (χ2n) is 6.91. The Bertz CT molecular complexity index is 1020. The minimum Gasteiger partial charge on any atom is -0.493 e. The van der Waals surface area contributed by atoms with Crippen molar-refractivity contribution in [2.45, 2.75) is 25.9 Å². The molecule has 170 valence electrons. The molecule has 0 fully saturated rings. The number of amides is 2. The van der Waals surface area contributed by atoms with Gasteiger partial charge in [-0.25, -0.2) is 5.01 Å². The lowest BCUT2D eigenvalue weighted by Crippen LogP contribution is -2.32. The third-order valence-electron chi connectivity index (χ3n) is 4.70. The van der Waals surface area contributed by atoms with Crippen LogP contribution in [-0.4, -0.2) is 49.0 Å². The van der Waals surface area contributed by atoms with Crippen molar-refractivity contribution in [2.75, 3.05) is 25.6 Å². The fraction of sp³-hybridized carbons (Fsp3) is 0.318. The lowest BCUT2D eigenvalue weighted by Gasteiger charge is -2.24. The van der Waals surface area contributed by atoms with Crippen LogP contribution < -0.4 is 14.8 Å². The van der Waals surface area contributed by atoms with Gasteiger partial charge in [0.15, 0.2) is 11.5 Å². The standard InChI is InChI=1S/C22H22F3N3O4/c1-3-32-19-13-15(8-11-18(19)31-2)17-5-4-12-28(27-17)20(29)14-6-9-16(10-7-14)26-21(30)22(23,24)25/h6-11,13H,3-5,12H2,1-2H3,(H,26,30). The van der Waals surface area contributed by atoms with Gasteiger partial charge in [0.25, 0.3) is 5.91 Å². The minimum absolute atomic E-state index is 0.0617. The van der Waals surface area contributed by atoms with Gasteiger partial charge in [-0.05, 0) is 62.2 Å². The molecular weight excluding hydrogens is 427 g/mol. The number of nitrogens with one attached hydrogen (secondary N) is 1. The van der Waals surface area contributed by atoms with E-state index in [4.69, 9.17) is 9.47 Å². The zero-order chi connectivity index (χ0) is 23.3. The zero-order valence-corrected chi connectivity index (χ0v) is 17.5. The average molecular weight is 449 g/mol. The van der Waals surface area contributed by atoms with Crippen molar-refractivity contribution >= 4 is 23.2 Å². The normalized spacial score (nSPS) is 13.9. The van der Waals surface area contributed by atoms with E-state index in [0.717, 1.165) is 5.56 Å². The quantitative estimate of drug-likeness (QED) is 0.716. The highest BCUT2D eigenvalue weighted by molar-refractivity contribution is 6.03. The molecule has 1 aliphatic rings. The Labute approximate surface area is 182 Å². The van der Waals surface area contributed by atoms with Gasteiger partial charge in [0.05, 0.1) is 19.4 Å². The van der Waals surface area contributed by atoms with Gasteiger partial charge in [-0.15, -0.1) is 0 Å². The van der Waals surface area contributed by atoms with E-state index < -0.39 is 18.0 Å². The fourth-order valence-electron chi connectivity index (χ4n) is 3.16. The molecule has 0 radical (unpaired) electrons. The van der Waals surface area contributed by atoms with Crippen LogP contribution in [0.2, 0.25) is 0 Å². The number of halogens is 3. The van der Waals surface area contributed by atoms with Crippen molar-refractivity contribution in [3.63, 3.8) is 0 Å². The Balaban J connectivity index is 1.77. The Morgan fingerprint density at radius 1 is 1.12 bits per heavy atom. The number of hydrogen-bond acceptors (Lipinski definition) is 5. The highest BCUT2D eigenvalue weighted by atomic mass is 19.4. The number of carbonyl (C=O) groups is 2. The molecule has 1 N–H and O–H groups in total. The molecular formula is C22H22F3N3O4. The topological polar surface area (TPSA) is 80.2 Å². The summed E-state index contributed by atoms with van der Waals surface area (Å²) in [6, 6.07) is 10.6. The highest BCUT2D eigenvalue weighted by Crippen LogP contribution is 2.29. The molecule has 7 nitrogen and oxygen atoms in total. The Kier molecular flexibility index (Phi) is 7.01. The first-order valence-corrected chi connectivity index (χ1v) is 9.91. The van der Waals surface area contributed by atoms with Crippen LogP contribution in [-0.2, 0) is 4.79 Å². The smallest absolute Gasteiger partial charge is 0.471 e. The molecule has 0 aromatic heterocycles. The van der Waals surface area contributed by atoms with E-state index >= 15 is 0 Å². The molecule has 0 atom stereocenters. The van der Waals surface area contributed by atoms with Gasteiger partial charge in [-0.1, -0.05) is 0 Å². The van der Waals surface area contributed by atoms with E-state index in [2.05, 4.69) is 5.10 Å². The third-order valence-corrected chi connectivity index (χ3v) is 4.70. The lowest BCUT2D eigenvalue weighted by molar-refractivity contribution is -0.167. The van der Waals surface area contributed by atoms with Crippen LogP contribution in [0.25, 0.3) is 0 Å². The predicted molar refractivity (Wildman–Crippen MR) is 112 cm³/mol. The molecule has 0 unspecified atom stereocenters. The lowest BCUT2D eigenvalue weighted by atomic mass is 10.0. The number of benzene rings is 2. The summed E-state index contributed by atoms with van der Waals surface area (Å²) in [5.74, 6) is -1.30. The van der Waals surface area contributed by atoms with Crippen LogP contribution in [0.15, 0.2) is 47.6 Å². The van der Waals surface area contributed by atoms with Crippen molar-refractivity contribution in [3.8, 4) is 11.5 Å². The number of nitrogens with zero attached hydrogens (tertiary/aromatic N) is 2. The minimum atomic E-state index is -4.99. The first-order valence-electron chi connectivity index (χ1n) is 9.91. The van der Waals surface area contributed by atoms with Crippen molar-refractivity contribution < 1.29 is 32.2 Å². The number of carbonyl (C=O) groups excluding carboxylic acids is 2. The first-order chi connectivity index (χ1) is 15.2. The summed E-state index contributed by atoms with van der Waals surface area (Å²) in [6.07, 6.45) is -3.62. The molecule has 0 saturated carbocycles. The summed E-state index contributed by atoms with van der Waals surface area (Å²) >= 11 is 0. The van der Waals surface area contributed by atoms with Gasteiger partial charge in [0.1, 0.15) is 0 Å². The summed E-state index contributed by atoms with van der Waals surface area (Å²) in [6.45, 7) is 2.74. The summed E-state index contributed by atoms with van der Waals surface area (Å²) in [5, 5.41) is 7.54. The van der Waals surface area contributed by atoms with Crippen LogP contribution >= 0.6 is 0 Å². The Morgan fingerprint density at radius 3 is 2.47 bits per heavy atom. The van der Waals surface area contributed by atoms with E-state index in [9.17, 15) is 22.8 Å². The molecule has 0 aliphatic carbocycles. The van der Waals surface area contributed by atoms with Crippen LogP contribution in [0.4, 0.5) is 18.9 Å². The maximum atomic E-state index is 12.8. The monoisotopic (exact) mass is 449 g/mol. The van der Waals surface area contributed by atoms with Gasteiger partial charge in [-0.2, -0.15) is 18.3 Å². The Hall–Kier alpha value is -3.56. The van der Waals surface area contributed by atoms with Crippen LogP contribution in [0.5, 0.6) is 11.5 Å². The van der Waals surface area contributed by atoms with E-state index in [0.29, 0.717) is 43.2 Å². The van der Waals surface area contributed by atoms with Crippen molar-refractivity contribution in [1.82, 2.24) is 5.01 Å². The SMILES string of the molecule is CCOc1cc(C2=NN(C(=O)c3ccc(NC(=O)C(F)(F)F)cc3)CCC2)ccc1OC. The number of hydrogen-bond donors (Lipinski definition) is 1. The number of alkyl halides is 3. The van der Waals surface area contributed by atoms with Crippen molar-refractivity contribution in [3.05, 3.63) is 53.6 Å². The molecule has 2 aromatic rings. The van der Waals surface area contributed by atoms with Crippen molar-refractivity contribution in [2.24, 2.45) is 5.10 Å². The predicted octanol–water partition coefficient (Wildman–Crippen LogP) is 4.24. The van der Waals surface area contributed by atoms with Crippen LogP contribution in [0.1, 0.15) is 35.7 Å². The van der Waals surface area contributed by atoms with Gasteiger partial charge in [0, 0.05) is 23.4 Å². The molecule has 0 bridgehead atoms. The highest BCUT2D eigenvalue weighted by Gasteiger charge is 2.38. The fourth-order valence-corrected chi connectivity index (χ4v) is 3.16. The average Bonchev–Trinajstić information content (AvgIpc) is 2.79. The number of anilines is 1. The molecule has 0 saturated heterocycles. The largest absolute Gasteiger partial charge is 0.493 e. The zero-order valence-electron chi connectivity index (χ0n) is 17.5. The molecule has 1 heterocycles. The van der Waals surface area contributed by atoms with E-state index in [1.165, 1.54) is 29.3 Å². The summed E-state index contributed by atoms with van der Waals surface area (Å²) in [5.41, 5.74) is 1.69. The Morgan fingerprint density at radius 2 is 1.84 bits per heavy atom. The third kappa shape index (κ3) is 5.37. The number of methoxy groups -OCH3 is 1. The van der Waals surface area contributed by atoms with Gasteiger partial charge in [0.2, 0.25) is 0 Å². The molecule has 32 heavy (non-hydrogen) atoms. The summed E-state index contributed by atoms with van der Waals surface area (Å²) in [7, 11) is 1.55. The summed E-state index contributed by atoms with van der Waals surface area (Å²) in [4.78, 5) is 23.9. The summed E-state index contributed by atoms with van der Waals surface area (Å²) < 4.78 is 48.0. The van der Waals surface area contributed by atoms with Gasteiger partial charge in [-0.3, -0.25) is 9.59 Å².